The van der Waals surface area contributed by atoms with Crippen LogP contribution < -0.4 is 10.1 Å². The van der Waals surface area contributed by atoms with Crippen LogP contribution in [0.3, 0.4) is 0 Å². The summed E-state index contributed by atoms with van der Waals surface area (Å²) in [6.07, 6.45) is 3.20. The quantitative estimate of drug-likeness (QED) is 0.487. The lowest BCUT2D eigenvalue weighted by atomic mass is 10.2. The number of anilines is 1. The molecule has 0 bridgehead atoms. The standard InChI is InChI=1S/C20H16Cl2N2O2S/c1-2-26-15-7-3-13(4-8-15)5-10-19(25)24-20-23-18(12-27-20)16-9-6-14(21)11-17(16)22/h3-12H,2H2,1H3,(H,23,24,25)/b10-5+. The van der Waals surface area contributed by atoms with Gasteiger partial charge in [-0.2, -0.15) is 0 Å². The SMILES string of the molecule is CCOc1ccc(/C=C/C(=O)Nc2nc(-c3ccc(Cl)cc3Cl)cs2)cc1. The molecule has 0 unspecified atom stereocenters. The monoisotopic (exact) mass is 418 g/mol. The van der Waals surface area contributed by atoms with Crippen molar-refractivity contribution in [2.45, 2.75) is 6.92 Å². The van der Waals surface area contributed by atoms with Crippen LogP contribution in [0.5, 0.6) is 5.75 Å². The highest BCUT2D eigenvalue weighted by Gasteiger charge is 2.10. The summed E-state index contributed by atoms with van der Waals surface area (Å²) in [6, 6.07) is 12.7. The van der Waals surface area contributed by atoms with Gasteiger partial charge in [-0.25, -0.2) is 4.98 Å². The van der Waals surface area contributed by atoms with Crippen LogP contribution in [0.2, 0.25) is 10.0 Å². The Hall–Kier alpha value is -2.34. The Morgan fingerprint density at radius 1 is 1.22 bits per heavy atom. The Kier molecular flexibility index (Phi) is 6.50. The Bertz CT molecular complexity index is 968. The maximum Gasteiger partial charge on any atom is 0.250 e. The molecule has 0 aliphatic rings. The summed E-state index contributed by atoms with van der Waals surface area (Å²) in [6.45, 7) is 2.55. The number of halogens is 2. The normalized spacial score (nSPS) is 10.9. The lowest BCUT2D eigenvalue weighted by molar-refractivity contribution is -0.111. The van der Waals surface area contributed by atoms with Crippen molar-refractivity contribution in [2.75, 3.05) is 11.9 Å². The van der Waals surface area contributed by atoms with Crippen molar-refractivity contribution in [1.82, 2.24) is 4.98 Å². The molecule has 3 aromatic rings. The van der Waals surface area contributed by atoms with E-state index in [1.807, 2.05) is 36.6 Å². The van der Waals surface area contributed by atoms with Gasteiger partial charge < -0.3 is 4.74 Å². The predicted octanol–water partition coefficient (Wildman–Crippen LogP) is 6.17. The van der Waals surface area contributed by atoms with E-state index in [1.165, 1.54) is 17.4 Å². The van der Waals surface area contributed by atoms with Crippen molar-refractivity contribution in [3.05, 3.63) is 69.5 Å². The van der Waals surface area contributed by atoms with Gasteiger partial charge >= 0.3 is 0 Å². The van der Waals surface area contributed by atoms with Gasteiger partial charge in [0.25, 0.3) is 0 Å². The van der Waals surface area contributed by atoms with Gasteiger partial charge in [-0.3, -0.25) is 10.1 Å². The number of nitrogens with one attached hydrogen (secondary N) is 1. The zero-order valence-electron chi connectivity index (χ0n) is 14.4. The fourth-order valence-electron chi connectivity index (χ4n) is 2.31. The predicted molar refractivity (Wildman–Crippen MR) is 113 cm³/mol. The highest BCUT2D eigenvalue weighted by Crippen LogP contribution is 2.32. The van der Waals surface area contributed by atoms with Gasteiger partial charge in [0.2, 0.25) is 5.91 Å². The fourth-order valence-corrected chi connectivity index (χ4v) is 3.53. The first-order valence-corrected chi connectivity index (χ1v) is 9.81. The van der Waals surface area contributed by atoms with E-state index >= 15 is 0 Å². The van der Waals surface area contributed by atoms with Gasteiger partial charge in [0.15, 0.2) is 5.13 Å². The minimum absolute atomic E-state index is 0.257. The van der Waals surface area contributed by atoms with E-state index in [2.05, 4.69) is 10.3 Å². The Balaban J connectivity index is 1.63. The summed E-state index contributed by atoms with van der Waals surface area (Å²) in [5.41, 5.74) is 2.36. The van der Waals surface area contributed by atoms with Crippen molar-refractivity contribution < 1.29 is 9.53 Å². The van der Waals surface area contributed by atoms with E-state index < -0.39 is 0 Å². The van der Waals surface area contributed by atoms with Gasteiger partial charge in [-0.15, -0.1) is 11.3 Å². The number of ether oxygens (including phenoxy) is 1. The first-order valence-electron chi connectivity index (χ1n) is 8.18. The van der Waals surface area contributed by atoms with E-state index in [4.69, 9.17) is 27.9 Å². The van der Waals surface area contributed by atoms with E-state index in [1.54, 1.807) is 24.3 Å². The summed E-state index contributed by atoms with van der Waals surface area (Å²) < 4.78 is 5.39. The third kappa shape index (κ3) is 5.32. The van der Waals surface area contributed by atoms with Gasteiger partial charge in [0, 0.05) is 22.0 Å². The first kappa shape index (κ1) is 19.4. The average molecular weight is 419 g/mol. The van der Waals surface area contributed by atoms with Crippen molar-refractivity contribution in [2.24, 2.45) is 0 Å². The van der Waals surface area contributed by atoms with Crippen molar-refractivity contribution >= 4 is 51.7 Å². The number of hydrogen-bond donors (Lipinski definition) is 1. The average Bonchev–Trinajstić information content (AvgIpc) is 3.09. The highest BCUT2D eigenvalue weighted by atomic mass is 35.5. The summed E-state index contributed by atoms with van der Waals surface area (Å²) >= 11 is 13.4. The zero-order chi connectivity index (χ0) is 19.2. The summed E-state index contributed by atoms with van der Waals surface area (Å²) in [5.74, 6) is 0.544. The van der Waals surface area contributed by atoms with Crippen LogP contribution >= 0.6 is 34.5 Å². The summed E-state index contributed by atoms with van der Waals surface area (Å²) in [7, 11) is 0. The number of rotatable bonds is 6. The summed E-state index contributed by atoms with van der Waals surface area (Å²) in [5, 5.41) is 6.16. The third-order valence-electron chi connectivity index (χ3n) is 3.56. The molecule has 0 fully saturated rings. The molecule has 7 heteroatoms. The van der Waals surface area contributed by atoms with Crippen LogP contribution in [-0.4, -0.2) is 17.5 Å². The smallest absolute Gasteiger partial charge is 0.250 e. The van der Waals surface area contributed by atoms with Crippen LogP contribution in [0, 0.1) is 0 Å². The number of benzene rings is 2. The first-order chi connectivity index (χ1) is 13.0. The van der Waals surface area contributed by atoms with Crippen molar-refractivity contribution in [3.63, 3.8) is 0 Å². The van der Waals surface area contributed by atoms with Crippen LogP contribution in [-0.2, 0) is 4.79 Å². The maximum atomic E-state index is 12.1. The molecule has 0 saturated carbocycles. The molecule has 0 saturated heterocycles. The van der Waals surface area contributed by atoms with Crippen molar-refractivity contribution in [1.29, 1.82) is 0 Å². The molecule has 138 valence electrons. The van der Waals surface area contributed by atoms with Crippen LogP contribution in [0.15, 0.2) is 53.9 Å². The number of carbonyl (C=O) groups is 1. The zero-order valence-corrected chi connectivity index (χ0v) is 16.7. The molecule has 0 atom stereocenters. The molecule has 0 spiro atoms. The molecule has 3 rings (SSSR count). The number of hydrogen-bond acceptors (Lipinski definition) is 4. The van der Waals surface area contributed by atoms with Gasteiger partial charge in [-0.1, -0.05) is 35.3 Å². The molecule has 1 amide bonds. The lowest BCUT2D eigenvalue weighted by Gasteiger charge is -2.02. The molecule has 0 radical (unpaired) electrons. The molecule has 4 nitrogen and oxygen atoms in total. The Labute approximate surface area is 171 Å². The van der Waals surface area contributed by atoms with E-state index in [-0.39, 0.29) is 5.91 Å². The molecule has 1 N–H and O–H groups in total. The topological polar surface area (TPSA) is 51.2 Å². The molecule has 0 aliphatic heterocycles. The molecule has 1 heterocycles. The molecule has 0 aliphatic carbocycles. The van der Waals surface area contributed by atoms with Crippen LogP contribution in [0.1, 0.15) is 12.5 Å². The molecular formula is C20H16Cl2N2O2S. The van der Waals surface area contributed by atoms with E-state index in [9.17, 15) is 4.79 Å². The fraction of sp³-hybridized carbons (Fsp3) is 0.100. The Morgan fingerprint density at radius 3 is 2.70 bits per heavy atom. The number of nitrogens with zero attached hydrogens (tertiary/aromatic N) is 1. The minimum atomic E-state index is -0.257. The van der Waals surface area contributed by atoms with Crippen LogP contribution in [0.25, 0.3) is 17.3 Å². The minimum Gasteiger partial charge on any atom is -0.494 e. The maximum absolute atomic E-state index is 12.1. The van der Waals surface area contributed by atoms with Gasteiger partial charge in [-0.05, 0) is 48.9 Å². The highest BCUT2D eigenvalue weighted by molar-refractivity contribution is 7.14. The molecule has 27 heavy (non-hydrogen) atoms. The molecule has 1 aromatic heterocycles. The van der Waals surface area contributed by atoms with Gasteiger partial charge in [0.1, 0.15) is 5.75 Å². The summed E-state index contributed by atoms with van der Waals surface area (Å²) in [4.78, 5) is 16.5. The van der Waals surface area contributed by atoms with Crippen LogP contribution in [0.4, 0.5) is 5.13 Å². The second-order valence-electron chi connectivity index (χ2n) is 5.49. The largest absolute Gasteiger partial charge is 0.494 e. The molecule has 2 aromatic carbocycles. The number of amides is 1. The third-order valence-corrected chi connectivity index (χ3v) is 4.87. The van der Waals surface area contributed by atoms with E-state index in [0.717, 1.165) is 16.9 Å². The Morgan fingerprint density at radius 2 is 2.00 bits per heavy atom. The number of thiazole rings is 1. The molecular weight excluding hydrogens is 403 g/mol. The number of carbonyl (C=O) groups excluding carboxylic acids is 1. The number of aromatic nitrogens is 1. The van der Waals surface area contributed by atoms with Gasteiger partial charge in [0.05, 0.1) is 17.3 Å². The lowest BCUT2D eigenvalue weighted by Crippen LogP contribution is -2.07. The van der Waals surface area contributed by atoms with Crippen molar-refractivity contribution in [3.8, 4) is 17.0 Å². The second kappa shape index (κ2) is 9.04. The van der Waals surface area contributed by atoms with E-state index in [0.29, 0.717) is 27.5 Å². The second-order valence-corrected chi connectivity index (χ2v) is 7.19.